The van der Waals surface area contributed by atoms with Gasteiger partial charge in [-0.3, -0.25) is 15.0 Å². The number of anilines is 1. The van der Waals surface area contributed by atoms with Crippen molar-refractivity contribution in [3.05, 3.63) is 47.7 Å². The molecule has 1 aromatic carbocycles. The third-order valence-electron chi connectivity index (χ3n) is 5.84. The van der Waals surface area contributed by atoms with Crippen LogP contribution in [-0.2, 0) is 6.42 Å². The first-order valence-corrected chi connectivity index (χ1v) is 11.8. The van der Waals surface area contributed by atoms with Gasteiger partial charge in [-0.05, 0) is 44.7 Å². The number of alkyl halides is 2. The molecule has 8 nitrogen and oxygen atoms in total. The molecule has 1 aliphatic rings. The van der Waals surface area contributed by atoms with Gasteiger partial charge in [0, 0.05) is 55.7 Å². The van der Waals surface area contributed by atoms with Crippen LogP contribution in [0.25, 0.3) is 11.1 Å². The predicted molar refractivity (Wildman–Crippen MR) is 126 cm³/mol. The summed E-state index contributed by atoms with van der Waals surface area (Å²) in [7, 11) is 2.13. The number of ether oxygens (including phenoxy) is 1. The molecule has 0 bridgehead atoms. The number of halogens is 2. The number of amides is 1. The van der Waals surface area contributed by atoms with Crippen LogP contribution in [0.2, 0.25) is 0 Å². The van der Waals surface area contributed by atoms with E-state index in [1.807, 2.05) is 0 Å². The van der Waals surface area contributed by atoms with Crippen LogP contribution >= 0.6 is 11.5 Å². The maximum Gasteiger partial charge on any atom is 0.387 e. The zero-order valence-corrected chi connectivity index (χ0v) is 20.1. The van der Waals surface area contributed by atoms with Crippen molar-refractivity contribution in [3.8, 4) is 16.9 Å². The second kappa shape index (κ2) is 10.6. The van der Waals surface area contributed by atoms with Crippen LogP contribution in [0.15, 0.2) is 34.7 Å². The molecule has 0 spiro atoms. The number of carbonyl (C=O) groups excluding carboxylic acids is 1. The van der Waals surface area contributed by atoms with Crippen molar-refractivity contribution in [2.24, 2.45) is 0 Å². The van der Waals surface area contributed by atoms with E-state index in [9.17, 15) is 13.6 Å². The van der Waals surface area contributed by atoms with Crippen molar-refractivity contribution in [2.45, 2.75) is 32.9 Å². The van der Waals surface area contributed by atoms with E-state index >= 15 is 0 Å². The van der Waals surface area contributed by atoms with Crippen LogP contribution in [0.5, 0.6) is 5.75 Å². The maximum absolute atomic E-state index is 12.7. The quantitative estimate of drug-likeness (QED) is 0.507. The molecule has 3 heterocycles. The average molecular weight is 492 g/mol. The summed E-state index contributed by atoms with van der Waals surface area (Å²) in [4.78, 5) is 21.9. The van der Waals surface area contributed by atoms with E-state index in [2.05, 4.69) is 43.2 Å². The highest BCUT2D eigenvalue weighted by molar-refractivity contribution is 7.09. The highest BCUT2D eigenvalue weighted by Crippen LogP contribution is 2.30. The number of hydrogen-bond donors (Lipinski definition) is 1. The number of aryl methyl sites for hydroxylation is 1. The van der Waals surface area contributed by atoms with Crippen LogP contribution in [0.1, 0.15) is 29.1 Å². The maximum atomic E-state index is 12.7. The fourth-order valence-corrected chi connectivity index (χ4v) is 4.51. The normalized spacial score (nSPS) is 16.1. The molecule has 0 saturated carbocycles. The molecule has 1 fully saturated rings. The molecule has 4 rings (SSSR count). The molecule has 1 amide bonds. The first kappa shape index (κ1) is 24.2. The van der Waals surface area contributed by atoms with Gasteiger partial charge >= 0.3 is 6.61 Å². The molecule has 0 radical (unpaired) electrons. The third kappa shape index (κ3) is 5.96. The van der Waals surface area contributed by atoms with E-state index in [0.717, 1.165) is 37.7 Å². The number of furan rings is 1. The topological polar surface area (TPSA) is 83.7 Å². The Balaban J connectivity index is 1.39. The minimum Gasteiger partial charge on any atom is -0.456 e. The van der Waals surface area contributed by atoms with Crippen LogP contribution in [0, 0.1) is 6.92 Å². The summed E-state index contributed by atoms with van der Waals surface area (Å²) in [6.07, 6.45) is 0.705. The Bertz CT molecular complexity index is 1130. The minimum absolute atomic E-state index is 0.0336. The van der Waals surface area contributed by atoms with Gasteiger partial charge in [-0.1, -0.05) is 12.1 Å². The Morgan fingerprint density at radius 1 is 1.26 bits per heavy atom. The number of nitrogens with zero attached hydrogens (tertiary/aromatic N) is 4. The lowest BCUT2D eigenvalue weighted by Crippen LogP contribution is -2.48. The van der Waals surface area contributed by atoms with Gasteiger partial charge in [0.2, 0.25) is 5.13 Å². The molecule has 1 unspecified atom stereocenters. The van der Waals surface area contributed by atoms with E-state index in [1.54, 1.807) is 25.1 Å². The van der Waals surface area contributed by atoms with Crippen molar-refractivity contribution in [2.75, 3.05) is 38.5 Å². The molecule has 11 heteroatoms. The van der Waals surface area contributed by atoms with E-state index in [0.29, 0.717) is 40.3 Å². The average Bonchev–Trinajstić information content (AvgIpc) is 3.40. The molecule has 34 heavy (non-hydrogen) atoms. The van der Waals surface area contributed by atoms with Crippen molar-refractivity contribution >= 4 is 22.6 Å². The van der Waals surface area contributed by atoms with Crippen molar-refractivity contribution in [3.63, 3.8) is 0 Å². The molecule has 1 saturated heterocycles. The SMILES string of the molecule is Cc1oc(C(=O)Nc2nc(CC(C)N3CCN(C)CC3)ns2)cc1-c1cccc(OC(F)F)c1. The molecular weight excluding hydrogens is 464 g/mol. The van der Waals surface area contributed by atoms with Crippen molar-refractivity contribution < 1.29 is 22.7 Å². The summed E-state index contributed by atoms with van der Waals surface area (Å²) < 4.78 is 39.5. The lowest BCUT2D eigenvalue weighted by atomic mass is 10.1. The van der Waals surface area contributed by atoms with Crippen LogP contribution in [0.3, 0.4) is 0 Å². The summed E-state index contributed by atoms with van der Waals surface area (Å²) >= 11 is 1.13. The Labute approximate surface area is 200 Å². The van der Waals surface area contributed by atoms with E-state index in [1.165, 1.54) is 12.1 Å². The van der Waals surface area contributed by atoms with Crippen LogP contribution in [0.4, 0.5) is 13.9 Å². The fraction of sp³-hybridized carbons (Fsp3) is 0.435. The van der Waals surface area contributed by atoms with Gasteiger partial charge in [-0.25, -0.2) is 4.98 Å². The van der Waals surface area contributed by atoms with Gasteiger partial charge in [0.1, 0.15) is 17.3 Å². The molecule has 1 aliphatic heterocycles. The monoisotopic (exact) mass is 491 g/mol. The Hall–Kier alpha value is -2.89. The number of piperazine rings is 1. The molecule has 182 valence electrons. The van der Waals surface area contributed by atoms with Crippen LogP contribution in [-0.4, -0.2) is 70.9 Å². The zero-order chi connectivity index (χ0) is 24.2. The second-order valence-electron chi connectivity index (χ2n) is 8.35. The number of aromatic nitrogens is 2. The highest BCUT2D eigenvalue weighted by Gasteiger charge is 2.22. The number of carbonyl (C=O) groups is 1. The van der Waals surface area contributed by atoms with Gasteiger partial charge in [0.25, 0.3) is 5.91 Å². The first-order chi connectivity index (χ1) is 16.3. The van der Waals surface area contributed by atoms with Gasteiger partial charge in [0.05, 0.1) is 0 Å². The summed E-state index contributed by atoms with van der Waals surface area (Å²) in [6, 6.07) is 8.14. The minimum atomic E-state index is -2.91. The Morgan fingerprint density at radius 2 is 2.03 bits per heavy atom. The lowest BCUT2D eigenvalue weighted by Gasteiger charge is -2.36. The first-order valence-electron chi connectivity index (χ1n) is 11.0. The fourth-order valence-electron chi connectivity index (χ4n) is 3.92. The largest absolute Gasteiger partial charge is 0.456 e. The highest BCUT2D eigenvalue weighted by atomic mass is 32.1. The number of likely N-dealkylation sites (N-methyl/N-ethyl adjacent to an activating group) is 1. The standard InChI is InChI=1S/C23H27F2N5O3S/c1-14(30-9-7-29(3)8-10-30)11-20-26-23(34-28-20)27-21(31)19-13-18(15(2)32-19)16-5-4-6-17(12-16)33-22(24)25/h4-6,12-14,22H,7-11H2,1-3H3,(H,26,27,28,31). The zero-order valence-electron chi connectivity index (χ0n) is 19.3. The third-order valence-corrected chi connectivity index (χ3v) is 6.51. The van der Waals surface area contributed by atoms with Gasteiger partial charge < -0.3 is 14.1 Å². The Morgan fingerprint density at radius 3 is 2.76 bits per heavy atom. The van der Waals surface area contributed by atoms with Gasteiger partial charge in [-0.15, -0.1) is 0 Å². The molecule has 2 aromatic heterocycles. The Kier molecular flexibility index (Phi) is 7.54. The summed E-state index contributed by atoms with van der Waals surface area (Å²) in [5, 5.41) is 3.13. The van der Waals surface area contributed by atoms with E-state index in [4.69, 9.17) is 4.42 Å². The van der Waals surface area contributed by atoms with Crippen molar-refractivity contribution in [1.29, 1.82) is 0 Å². The van der Waals surface area contributed by atoms with Crippen molar-refractivity contribution in [1.82, 2.24) is 19.2 Å². The summed E-state index contributed by atoms with van der Waals surface area (Å²) in [5.74, 6) is 0.850. The smallest absolute Gasteiger partial charge is 0.387 e. The summed E-state index contributed by atoms with van der Waals surface area (Å²) in [5.41, 5.74) is 1.22. The number of rotatable bonds is 8. The molecule has 1 N–H and O–H groups in total. The molecular formula is C23H27F2N5O3S. The predicted octanol–water partition coefficient (Wildman–Crippen LogP) is 4.14. The van der Waals surface area contributed by atoms with E-state index < -0.39 is 12.5 Å². The van der Waals surface area contributed by atoms with E-state index in [-0.39, 0.29) is 11.5 Å². The van der Waals surface area contributed by atoms with Gasteiger partial charge in [0.15, 0.2) is 5.76 Å². The van der Waals surface area contributed by atoms with Crippen LogP contribution < -0.4 is 10.1 Å². The number of nitrogens with one attached hydrogen (secondary N) is 1. The second-order valence-corrected chi connectivity index (χ2v) is 9.10. The molecule has 0 aliphatic carbocycles. The summed E-state index contributed by atoms with van der Waals surface area (Å²) in [6.45, 7) is 5.08. The van der Waals surface area contributed by atoms with Gasteiger partial charge in [-0.2, -0.15) is 13.2 Å². The lowest BCUT2D eigenvalue weighted by molar-refractivity contribution is -0.0498. The molecule has 1 atom stereocenters. The molecule has 3 aromatic rings. The number of benzene rings is 1. The number of hydrogen-bond acceptors (Lipinski definition) is 8.